The number of hydrogen-bond acceptors (Lipinski definition) is 0. The second kappa shape index (κ2) is 3.72. The summed E-state index contributed by atoms with van der Waals surface area (Å²) >= 11 is 0. The summed E-state index contributed by atoms with van der Waals surface area (Å²) in [5.74, 6) is 1.83. The van der Waals surface area contributed by atoms with E-state index >= 15 is 0 Å². The van der Waals surface area contributed by atoms with Crippen molar-refractivity contribution in [3.8, 4) is 0 Å². The highest BCUT2D eigenvalue weighted by Gasteiger charge is 2.44. The van der Waals surface area contributed by atoms with E-state index in [0.717, 1.165) is 11.8 Å². The first kappa shape index (κ1) is 10.3. The average Bonchev–Trinajstić information content (AvgIpc) is 2.15. The van der Waals surface area contributed by atoms with Crippen LogP contribution in [0, 0.1) is 17.3 Å². The molecule has 0 aromatic carbocycles. The molecule has 0 spiro atoms. The molecular formula is C14H24. The SMILES string of the molecule is C=C(C)[C@H]1CCC[C@H]2CCCC[C@@]21C. The summed E-state index contributed by atoms with van der Waals surface area (Å²) in [7, 11) is 0. The van der Waals surface area contributed by atoms with E-state index in [1.807, 2.05) is 0 Å². The molecule has 3 atom stereocenters. The minimum atomic E-state index is 0.613. The average molecular weight is 192 g/mol. The van der Waals surface area contributed by atoms with E-state index in [4.69, 9.17) is 0 Å². The molecule has 0 aromatic heterocycles. The van der Waals surface area contributed by atoms with Gasteiger partial charge in [-0.25, -0.2) is 0 Å². The molecule has 0 amide bonds. The van der Waals surface area contributed by atoms with Crippen molar-refractivity contribution < 1.29 is 0 Å². The Kier molecular flexibility index (Phi) is 2.72. The van der Waals surface area contributed by atoms with Gasteiger partial charge in [-0.2, -0.15) is 0 Å². The van der Waals surface area contributed by atoms with Gasteiger partial charge in [-0.15, -0.1) is 0 Å². The number of allylic oxidation sites excluding steroid dienone is 1. The third-order valence-corrected chi connectivity index (χ3v) is 4.89. The third kappa shape index (κ3) is 1.53. The molecule has 0 heteroatoms. The van der Waals surface area contributed by atoms with E-state index in [2.05, 4.69) is 20.4 Å². The van der Waals surface area contributed by atoms with Gasteiger partial charge in [-0.1, -0.05) is 38.3 Å². The van der Waals surface area contributed by atoms with Crippen LogP contribution in [0.5, 0.6) is 0 Å². The lowest BCUT2D eigenvalue weighted by Gasteiger charge is -2.51. The van der Waals surface area contributed by atoms with Crippen LogP contribution in [0.1, 0.15) is 58.8 Å². The van der Waals surface area contributed by atoms with Gasteiger partial charge in [0, 0.05) is 0 Å². The van der Waals surface area contributed by atoms with Crippen LogP contribution in [0.3, 0.4) is 0 Å². The fourth-order valence-electron chi connectivity index (χ4n) is 4.07. The van der Waals surface area contributed by atoms with Crippen molar-refractivity contribution in [1.82, 2.24) is 0 Å². The monoisotopic (exact) mass is 192 g/mol. The van der Waals surface area contributed by atoms with Crippen molar-refractivity contribution >= 4 is 0 Å². The van der Waals surface area contributed by atoms with Gasteiger partial charge in [0.05, 0.1) is 0 Å². The number of fused-ring (bicyclic) bond motifs is 1. The highest BCUT2D eigenvalue weighted by Crippen LogP contribution is 2.55. The van der Waals surface area contributed by atoms with Crippen LogP contribution in [-0.4, -0.2) is 0 Å². The minimum absolute atomic E-state index is 0.613. The zero-order valence-corrected chi connectivity index (χ0v) is 9.81. The van der Waals surface area contributed by atoms with E-state index < -0.39 is 0 Å². The Bertz CT molecular complexity index is 226. The van der Waals surface area contributed by atoms with Gasteiger partial charge in [0.1, 0.15) is 0 Å². The second-order valence-corrected chi connectivity index (χ2v) is 5.78. The lowest BCUT2D eigenvalue weighted by molar-refractivity contribution is 0.0194. The van der Waals surface area contributed by atoms with Crippen LogP contribution in [0.25, 0.3) is 0 Å². The number of hydrogen-bond donors (Lipinski definition) is 0. The van der Waals surface area contributed by atoms with E-state index in [9.17, 15) is 0 Å². The van der Waals surface area contributed by atoms with Crippen molar-refractivity contribution in [2.75, 3.05) is 0 Å². The Morgan fingerprint density at radius 2 is 1.86 bits per heavy atom. The molecule has 0 saturated heterocycles. The maximum atomic E-state index is 4.22. The summed E-state index contributed by atoms with van der Waals surface area (Å²) < 4.78 is 0. The topological polar surface area (TPSA) is 0 Å². The lowest BCUT2D eigenvalue weighted by atomic mass is 9.54. The first-order valence-electron chi connectivity index (χ1n) is 6.30. The van der Waals surface area contributed by atoms with Crippen molar-refractivity contribution in [2.45, 2.75) is 58.8 Å². The van der Waals surface area contributed by atoms with Gasteiger partial charge in [-0.05, 0) is 49.9 Å². The second-order valence-electron chi connectivity index (χ2n) is 5.78. The molecule has 0 N–H and O–H groups in total. The quantitative estimate of drug-likeness (QED) is 0.534. The van der Waals surface area contributed by atoms with E-state index in [1.54, 1.807) is 0 Å². The van der Waals surface area contributed by atoms with Gasteiger partial charge < -0.3 is 0 Å². The predicted molar refractivity (Wildman–Crippen MR) is 62.2 cm³/mol. The molecule has 2 aliphatic carbocycles. The molecule has 0 bridgehead atoms. The maximum Gasteiger partial charge on any atom is -0.0152 e. The molecule has 80 valence electrons. The molecule has 0 unspecified atom stereocenters. The molecule has 0 aromatic rings. The van der Waals surface area contributed by atoms with Crippen LogP contribution in [0.2, 0.25) is 0 Å². The maximum absolute atomic E-state index is 4.22. The van der Waals surface area contributed by atoms with E-state index in [-0.39, 0.29) is 0 Å². The van der Waals surface area contributed by atoms with E-state index in [1.165, 1.54) is 50.5 Å². The molecule has 2 saturated carbocycles. The van der Waals surface area contributed by atoms with Crippen molar-refractivity contribution in [2.24, 2.45) is 17.3 Å². The van der Waals surface area contributed by atoms with Gasteiger partial charge in [0.15, 0.2) is 0 Å². The summed E-state index contributed by atoms with van der Waals surface area (Å²) in [6.45, 7) is 9.00. The predicted octanol–water partition coefficient (Wildman–Crippen LogP) is 4.56. The third-order valence-electron chi connectivity index (χ3n) is 4.89. The fourth-order valence-corrected chi connectivity index (χ4v) is 4.07. The molecule has 14 heavy (non-hydrogen) atoms. The number of rotatable bonds is 1. The normalized spacial score (nSPS) is 43.0. The highest BCUT2D eigenvalue weighted by molar-refractivity contribution is 5.08. The fraction of sp³-hybridized carbons (Fsp3) is 0.857. The van der Waals surface area contributed by atoms with Crippen LogP contribution in [-0.2, 0) is 0 Å². The van der Waals surface area contributed by atoms with Crippen LogP contribution in [0.4, 0.5) is 0 Å². The molecule has 0 aliphatic heterocycles. The molecule has 2 rings (SSSR count). The smallest absolute Gasteiger partial charge is 0.0152 e. The Morgan fingerprint density at radius 1 is 1.14 bits per heavy atom. The summed E-state index contributed by atoms with van der Waals surface area (Å²) in [5, 5.41) is 0. The minimum Gasteiger partial charge on any atom is -0.0998 e. The lowest BCUT2D eigenvalue weighted by Crippen LogP contribution is -2.41. The first-order valence-corrected chi connectivity index (χ1v) is 6.30. The van der Waals surface area contributed by atoms with Gasteiger partial charge in [0.2, 0.25) is 0 Å². The highest BCUT2D eigenvalue weighted by atomic mass is 14.5. The van der Waals surface area contributed by atoms with Crippen molar-refractivity contribution in [3.05, 3.63) is 12.2 Å². The summed E-state index contributed by atoms with van der Waals surface area (Å²) in [6.07, 6.45) is 10.2. The molecular weight excluding hydrogens is 168 g/mol. The Labute approximate surface area is 88.8 Å². The molecule has 0 heterocycles. The molecule has 2 fully saturated rings. The summed E-state index contributed by atoms with van der Waals surface area (Å²) in [6, 6.07) is 0. The van der Waals surface area contributed by atoms with Crippen LogP contribution in [0.15, 0.2) is 12.2 Å². The van der Waals surface area contributed by atoms with Gasteiger partial charge in [0.25, 0.3) is 0 Å². The Morgan fingerprint density at radius 3 is 2.57 bits per heavy atom. The van der Waals surface area contributed by atoms with Gasteiger partial charge >= 0.3 is 0 Å². The standard InChI is InChI=1S/C14H24/c1-11(2)13-9-6-8-12-7-4-5-10-14(12,13)3/h12-13H,1,4-10H2,2-3H3/t12-,13-,14+/m1/s1. The zero-order chi connectivity index (χ0) is 10.2. The zero-order valence-electron chi connectivity index (χ0n) is 9.81. The molecule has 0 nitrogen and oxygen atoms in total. The molecule has 0 radical (unpaired) electrons. The van der Waals surface area contributed by atoms with Gasteiger partial charge in [-0.3, -0.25) is 0 Å². The van der Waals surface area contributed by atoms with Crippen molar-refractivity contribution in [1.29, 1.82) is 0 Å². The largest absolute Gasteiger partial charge is 0.0998 e. The Balaban J connectivity index is 2.21. The summed E-state index contributed by atoms with van der Waals surface area (Å²) in [4.78, 5) is 0. The summed E-state index contributed by atoms with van der Waals surface area (Å²) in [5.41, 5.74) is 2.06. The van der Waals surface area contributed by atoms with Crippen LogP contribution >= 0.6 is 0 Å². The van der Waals surface area contributed by atoms with E-state index in [0.29, 0.717) is 5.41 Å². The van der Waals surface area contributed by atoms with Crippen LogP contribution < -0.4 is 0 Å². The Hall–Kier alpha value is -0.260. The molecule has 2 aliphatic rings. The first-order chi connectivity index (χ1) is 6.64. The van der Waals surface area contributed by atoms with Crippen molar-refractivity contribution in [3.63, 3.8) is 0 Å².